The maximum Gasteiger partial charge on any atom is 0.264 e. The van der Waals surface area contributed by atoms with Gasteiger partial charge in [-0.15, -0.1) is 12.4 Å². The molecule has 0 fully saturated rings. The second-order valence-corrected chi connectivity index (χ2v) is 6.46. The smallest absolute Gasteiger partial charge is 0.264 e. The van der Waals surface area contributed by atoms with E-state index in [1.165, 1.54) is 11.8 Å². The van der Waals surface area contributed by atoms with E-state index in [1.807, 2.05) is 24.3 Å². The van der Waals surface area contributed by atoms with Crippen LogP contribution in [0, 0.1) is 0 Å². The zero-order chi connectivity index (χ0) is 16.2. The predicted octanol–water partition coefficient (Wildman–Crippen LogP) is 3.88. The zero-order valence-corrected chi connectivity index (χ0v) is 15.5. The SMILES string of the molecule is CCCC1=C(C(=O)Nc2ccc(OC)cc2)SC2=NCCCN21.Cl. The lowest BCUT2D eigenvalue weighted by molar-refractivity contribution is -0.112. The van der Waals surface area contributed by atoms with Crippen molar-refractivity contribution >= 4 is 40.9 Å². The van der Waals surface area contributed by atoms with Gasteiger partial charge in [0.2, 0.25) is 0 Å². The van der Waals surface area contributed by atoms with Gasteiger partial charge < -0.3 is 15.0 Å². The van der Waals surface area contributed by atoms with Crippen LogP contribution in [0.15, 0.2) is 39.9 Å². The van der Waals surface area contributed by atoms with E-state index < -0.39 is 0 Å². The third-order valence-electron chi connectivity index (χ3n) is 3.84. The highest BCUT2D eigenvalue weighted by Crippen LogP contribution is 2.38. The molecular weight excluding hydrogens is 346 g/mol. The molecular formula is C17H22ClN3O2S. The summed E-state index contributed by atoms with van der Waals surface area (Å²) in [6.07, 6.45) is 2.96. The van der Waals surface area contributed by atoms with Crippen molar-refractivity contribution in [2.24, 2.45) is 4.99 Å². The number of allylic oxidation sites excluding steroid dienone is 1. The van der Waals surface area contributed by atoms with Crippen LogP contribution in [-0.4, -0.2) is 36.2 Å². The Morgan fingerprint density at radius 1 is 1.38 bits per heavy atom. The largest absolute Gasteiger partial charge is 0.497 e. The number of methoxy groups -OCH3 is 1. The number of nitrogens with zero attached hydrogens (tertiary/aromatic N) is 2. The number of fused-ring (bicyclic) bond motifs is 1. The Morgan fingerprint density at radius 2 is 2.12 bits per heavy atom. The molecule has 0 saturated heterocycles. The van der Waals surface area contributed by atoms with Gasteiger partial charge in [0, 0.05) is 24.5 Å². The highest BCUT2D eigenvalue weighted by molar-refractivity contribution is 8.18. The number of hydrogen-bond donors (Lipinski definition) is 1. The van der Waals surface area contributed by atoms with Crippen LogP contribution in [-0.2, 0) is 4.79 Å². The maximum absolute atomic E-state index is 12.7. The van der Waals surface area contributed by atoms with Gasteiger partial charge in [-0.05, 0) is 48.9 Å². The number of amidine groups is 1. The molecule has 24 heavy (non-hydrogen) atoms. The number of amides is 1. The van der Waals surface area contributed by atoms with E-state index in [0.717, 1.165) is 59.6 Å². The van der Waals surface area contributed by atoms with Crippen molar-refractivity contribution in [3.8, 4) is 5.75 Å². The van der Waals surface area contributed by atoms with Gasteiger partial charge in [0.25, 0.3) is 5.91 Å². The Kier molecular flexibility index (Phi) is 6.57. The zero-order valence-electron chi connectivity index (χ0n) is 13.9. The Morgan fingerprint density at radius 3 is 2.79 bits per heavy atom. The van der Waals surface area contributed by atoms with Crippen LogP contribution >= 0.6 is 24.2 Å². The molecule has 7 heteroatoms. The van der Waals surface area contributed by atoms with Crippen molar-refractivity contribution in [3.05, 3.63) is 34.9 Å². The van der Waals surface area contributed by atoms with Crippen molar-refractivity contribution in [2.75, 3.05) is 25.5 Å². The molecule has 0 atom stereocenters. The van der Waals surface area contributed by atoms with Crippen LogP contribution in [0.4, 0.5) is 5.69 Å². The first-order valence-corrected chi connectivity index (χ1v) is 8.73. The number of nitrogens with one attached hydrogen (secondary N) is 1. The lowest BCUT2D eigenvalue weighted by atomic mass is 10.2. The first kappa shape index (κ1) is 18.7. The highest BCUT2D eigenvalue weighted by Gasteiger charge is 2.33. The Hall–Kier alpha value is -1.66. The highest BCUT2D eigenvalue weighted by atomic mass is 35.5. The molecule has 0 saturated carbocycles. The molecule has 1 aromatic carbocycles. The number of aliphatic imine (C=N–C) groups is 1. The number of carbonyl (C=O) groups excluding carboxylic acids is 1. The molecule has 1 aromatic rings. The van der Waals surface area contributed by atoms with Gasteiger partial charge in [0.05, 0.1) is 12.0 Å². The van der Waals surface area contributed by atoms with Crippen molar-refractivity contribution in [1.29, 1.82) is 0 Å². The van der Waals surface area contributed by atoms with E-state index in [0.29, 0.717) is 0 Å². The topological polar surface area (TPSA) is 53.9 Å². The first-order chi connectivity index (χ1) is 11.2. The fraction of sp³-hybridized carbons (Fsp3) is 0.412. The van der Waals surface area contributed by atoms with E-state index in [1.54, 1.807) is 7.11 Å². The van der Waals surface area contributed by atoms with Gasteiger partial charge in [0.15, 0.2) is 5.17 Å². The molecule has 5 nitrogen and oxygen atoms in total. The minimum Gasteiger partial charge on any atom is -0.497 e. The van der Waals surface area contributed by atoms with Crippen LogP contribution in [0.2, 0.25) is 0 Å². The Bertz CT molecular complexity index is 658. The molecule has 0 spiro atoms. The number of rotatable bonds is 5. The first-order valence-electron chi connectivity index (χ1n) is 7.91. The van der Waals surface area contributed by atoms with Crippen molar-refractivity contribution in [2.45, 2.75) is 26.2 Å². The van der Waals surface area contributed by atoms with E-state index in [4.69, 9.17) is 4.74 Å². The molecule has 2 aliphatic rings. The second kappa shape index (κ2) is 8.44. The molecule has 1 N–H and O–H groups in total. The van der Waals surface area contributed by atoms with Crippen LogP contribution in [0.25, 0.3) is 0 Å². The summed E-state index contributed by atoms with van der Waals surface area (Å²) in [4.78, 5) is 20.2. The van der Waals surface area contributed by atoms with Gasteiger partial charge in [-0.25, -0.2) is 0 Å². The molecule has 0 unspecified atom stereocenters. The lowest BCUT2D eigenvalue weighted by Crippen LogP contribution is -2.29. The fourth-order valence-corrected chi connectivity index (χ4v) is 3.84. The summed E-state index contributed by atoms with van der Waals surface area (Å²) in [6, 6.07) is 7.38. The van der Waals surface area contributed by atoms with Gasteiger partial charge >= 0.3 is 0 Å². The van der Waals surface area contributed by atoms with Crippen LogP contribution in [0.5, 0.6) is 5.75 Å². The molecule has 0 radical (unpaired) electrons. The maximum atomic E-state index is 12.7. The molecule has 0 aromatic heterocycles. The quantitative estimate of drug-likeness (QED) is 0.858. The van der Waals surface area contributed by atoms with Crippen LogP contribution in [0.3, 0.4) is 0 Å². The molecule has 3 rings (SSSR count). The lowest BCUT2D eigenvalue weighted by Gasteiger charge is -2.25. The molecule has 0 aliphatic carbocycles. The normalized spacial score (nSPS) is 16.2. The van der Waals surface area contributed by atoms with Crippen molar-refractivity contribution < 1.29 is 9.53 Å². The fourth-order valence-electron chi connectivity index (χ4n) is 2.72. The monoisotopic (exact) mass is 367 g/mol. The minimum atomic E-state index is -0.0549. The minimum absolute atomic E-state index is 0. The Balaban J connectivity index is 0.00000208. The standard InChI is InChI=1S/C17H21N3O2S.ClH/c1-3-5-14-15(23-17-18-10-4-11-20(14)17)16(21)19-12-6-8-13(22-2)9-7-12;/h6-9H,3-5,10-11H2,1-2H3,(H,19,21);1H. The van der Waals surface area contributed by atoms with Crippen molar-refractivity contribution in [3.63, 3.8) is 0 Å². The molecule has 0 bridgehead atoms. The summed E-state index contributed by atoms with van der Waals surface area (Å²) < 4.78 is 5.14. The van der Waals surface area contributed by atoms with E-state index in [9.17, 15) is 4.79 Å². The number of anilines is 1. The van der Waals surface area contributed by atoms with Gasteiger partial charge in [-0.3, -0.25) is 9.79 Å². The van der Waals surface area contributed by atoms with E-state index in [-0.39, 0.29) is 18.3 Å². The number of carbonyl (C=O) groups is 1. The average Bonchev–Trinajstić information content (AvgIpc) is 2.95. The van der Waals surface area contributed by atoms with Crippen LogP contribution < -0.4 is 10.1 Å². The molecule has 2 aliphatic heterocycles. The third kappa shape index (κ3) is 3.87. The average molecular weight is 368 g/mol. The number of thioether (sulfide) groups is 1. The summed E-state index contributed by atoms with van der Waals surface area (Å²) in [7, 11) is 1.63. The predicted molar refractivity (Wildman–Crippen MR) is 102 cm³/mol. The molecule has 1 amide bonds. The number of halogens is 1. The molecule has 2 heterocycles. The summed E-state index contributed by atoms with van der Waals surface area (Å²) >= 11 is 1.50. The van der Waals surface area contributed by atoms with Gasteiger partial charge in [0.1, 0.15) is 5.75 Å². The Labute approximate surface area is 153 Å². The van der Waals surface area contributed by atoms with E-state index in [2.05, 4.69) is 22.1 Å². The van der Waals surface area contributed by atoms with Gasteiger partial charge in [-0.2, -0.15) is 0 Å². The van der Waals surface area contributed by atoms with Crippen molar-refractivity contribution in [1.82, 2.24) is 4.90 Å². The second-order valence-electron chi connectivity index (χ2n) is 5.48. The van der Waals surface area contributed by atoms with Crippen LogP contribution in [0.1, 0.15) is 26.2 Å². The summed E-state index contributed by atoms with van der Waals surface area (Å²) in [5.74, 6) is 0.719. The number of hydrogen-bond acceptors (Lipinski definition) is 5. The summed E-state index contributed by atoms with van der Waals surface area (Å²) in [5, 5.41) is 3.95. The number of ether oxygens (including phenoxy) is 1. The third-order valence-corrected chi connectivity index (χ3v) is 5.00. The summed E-state index contributed by atoms with van der Waals surface area (Å²) in [5.41, 5.74) is 1.88. The summed E-state index contributed by atoms with van der Waals surface area (Å²) in [6.45, 7) is 3.95. The van der Waals surface area contributed by atoms with Gasteiger partial charge in [-0.1, -0.05) is 13.3 Å². The number of benzene rings is 1. The molecule has 130 valence electrons. The van der Waals surface area contributed by atoms with E-state index >= 15 is 0 Å².